The van der Waals surface area contributed by atoms with Crippen LogP contribution in [0.5, 0.6) is 0 Å². The van der Waals surface area contributed by atoms with Crippen LogP contribution in [-0.4, -0.2) is 9.96 Å². The Morgan fingerprint density at radius 1 is 1.47 bits per heavy atom. The predicted octanol–water partition coefficient (Wildman–Crippen LogP) is 2.61. The van der Waals surface area contributed by atoms with Gasteiger partial charge in [0.1, 0.15) is 0 Å². The maximum atomic E-state index is 11.6. The van der Waals surface area contributed by atoms with Gasteiger partial charge < -0.3 is 0 Å². The van der Waals surface area contributed by atoms with Gasteiger partial charge in [-0.05, 0) is 24.1 Å². The summed E-state index contributed by atoms with van der Waals surface area (Å²) in [6.07, 6.45) is 2.08. The molecule has 3 heteroatoms. The minimum Gasteiger partial charge on any atom is -0.259 e. The largest absolute Gasteiger partial charge is 0.259 e. The molecule has 0 N–H and O–H groups in total. The van der Waals surface area contributed by atoms with Crippen molar-refractivity contribution in [2.24, 2.45) is 0 Å². The Kier molecular flexibility index (Phi) is 5.06. The van der Waals surface area contributed by atoms with Crippen molar-refractivity contribution in [3.8, 4) is 6.07 Å². The third-order valence-electron chi connectivity index (χ3n) is 2.11. The third-order valence-corrected chi connectivity index (χ3v) is 3.51. The average molecular weight is 221 g/mol. The van der Waals surface area contributed by atoms with Crippen molar-refractivity contribution in [2.45, 2.75) is 25.5 Å². The molecule has 15 heavy (non-hydrogen) atoms. The molecule has 0 heterocycles. The van der Waals surface area contributed by atoms with E-state index in [0.717, 1.165) is 24.2 Å². The second kappa shape index (κ2) is 6.36. The Hall–Kier alpha value is -1.14. The molecule has 0 aliphatic rings. The molecule has 0 saturated heterocycles. The van der Waals surface area contributed by atoms with Crippen LogP contribution in [-0.2, 0) is 16.6 Å². The molecule has 1 unspecified atom stereocenters. The Balaban J connectivity index is 2.57. The molecule has 0 radical (unpaired) electrons. The summed E-state index contributed by atoms with van der Waals surface area (Å²) in [7, 11) is -0.791. The predicted molar refractivity (Wildman–Crippen MR) is 62.8 cm³/mol. The van der Waals surface area contributed by atoms with Gasteiger partial charge in [-0.15, -0.1) is 0 Å². The molecule has 0 saturated carbocycles. The third kappa shape index (κ3) is 4.26. The second-order valence-electron chi connectivity index (χ2n) is 3.45. The first-order valence-electron chi connectivity index (χ1n) is 5.10. The van der Waals surface area contributed by atoms with Gasteiger partial charge in [0.25, 0.3) is 0 Å². The quantitative estimate of drug-likeness (QED) is 0.767. The summed E-state index contributed by atoms with van der Waals surface area (Å²) in [4.78, 5) is 0. The van der Waals surface area contributed by atoms with Crippen molar-refractivity contribution < 1.29 is 4.21 Å². The number of hydrogen-bond donors (Lipinski definition) is 0. The van der Waals surface area contributed by atoms with Crippen LogP contribution in [0.15, 0.2) is 24.3 Å². The minimum atomic E-state index is -0.791. The number of rotatable bonds is 5. The zero-order chi connectivity index (χ0) is 11.1. The fraction of sp³-hybridized carbons (Fsp3) is 0.417. The molecule has 1 atom stereocenters. The molecule has 0 amide bonds. The summed E-state index contributed by atoms with van der Waals surface area (Å²) in [6.45, 7) is 2.09. The van der Waals surface area contributed by atoms with Crippen molar-refractivity contribution in [1.82, 2.24) is 0 Å². The lowest BCUT2D eigenvalue weighted by molar-refractivity contribution is 0.679. The van der Waals surface area contributed by atoms with E-state index in [4.69, 9.17) is 5.26 Å². The summed E-state index contributed by atoms with van der Waals surface area (Å²) in [6, 6.07) is 9.42. The zero-order valence-electron chi connectivity index (χ0n) is 8.90. The first-order valence-corrected chi connectivity index (χ1v) is 6.59. The molecular formula is C12H15NOS. The van der Waals surface area contributed by atoms with E-state index in [1.165, 1.54) is 0 Å². The summed E-state index contributed by atoms with van der Waals surface area (Å²) < 4.78 is 11.6. The van der Waals surface area contributed by atoms with Gasteiger partial charge in [-0.25, -0.2) is 0 Å². The highest BCUT2D eigenvalue weighted by molar-refractivity contribution is 7.84. The molecule has 0 fully saturated rings. The minimum absolute atomic E-state index is 0.565. The standard InChI is InChI=1S/C12H15NOS/c1-2-3-7-15(14)10-12-6-4-5-11(8-12)9-13/h4-6,8H,2-3,7,10H2,1H3. The van der Waals surface area contributed by atoms with E-state index in [1.54, 1.807) is 6.07 Å². The van der Waals surface area contributed by atoms with Gasteiger partial charge in [-0.1, -0.05) is 25.5 Å². The SMILES string of the molecule is CCCCS(=O)Cc1cccc(C#N)c1. The van der Waals surface area contributed by atoms with E-state index in [0.29, 0.717) is 11.3 Å². The number of nitriles is 1. The molecule has 2 nitrogen and oxygen atoms in total. The monoisotopic (exact) mass is 221 g/mol. The van der Waals surface area contributed by atoms with E-state index >= 15 is 0 Å². The highest BCUT2D eigenvalue weighted by Gasteiger charge is 2.01. The van der Waals surface area contributed by atoms with Gasteiger partial charge in [0.05, 0.1) is 11.6 Å². The lowest BCUT2D eigenvalue weighted by Crippen LogP contribution is -2.00. The van der Waals surface area contributed by atoms with Gasteiger partial charge in [-0.2, -0.15) is 5.26 Å². The van der Waals surface area contributed by atoms with Crippen LogP contribution in [0.4, 0.5) is 0 Å². The highest BCUT2D eigenvalue weighted by Crippen LogP contribution is 2.07. The smallest absolute Gasteiger partial charge is 0.0991 e. The van der Waals surface area contributed by atoms with Gasteiger partial charge in [-0.3, -0.25) is 4.21 Å². The van der Waals surface area contributed by atoms with Crippen LogP contribution >= 0.6 is 0 Å². The van der Waals surface area contributed by atoms with Crippen molar-refractivity contribution >= 4 is 10.8 Å². The van der Waals surface area contributed by atoms with Crippen LogP contribution in [0.2, 0.25) is 0 Å². The molecular weight excluding hydrogens is 206 g/mol. The van der Waals surface area contributed by atoms with E-state index in [9.17, 15) is 4.21 Å². The van der Waals surface area contributed by atoms with Crippen LogP contribution < -0.4 is 0 Å². The number of nitrogens with zero attached hydrogens (tertiary/aromatic N) is 1. The number of hydrogen-bond acceptors (Lipinski definition) is 2. The Morgan fingerprint density at radius 3 is 2.93 bits per heavy atom. The number of unbranched alkanes of at least 4 members (excludes halogenated alkanes) is 1. The molecule has 0 aliphatic heterocycles. The van der Waals surface area contributed by atoms with Crippen LogP contribution in [0, 0.1) is 11.3 Å². The molecule has 0 aliphatic carbocycles. The van der Waals surface area contributed by atoms with Crippen molar-refractivity contribution in [3.63, 3.8) is 0 Å². The molecule has 80 valence electrons. The van der Waals surface area contributed by atoms with Gasteiger partial charge >= 0.3 is 0 Å². The normalized spacial score (nSPS) is 12.0. The maximum absolute atomic E-state index is 11.6. The number of benzene rings is 1. The second-order valence-corrected chi connectivity index (χ2v) is 5.03. The Bertz CT molecular complexity index is 381. The van der Waals surface area contributed by atoms with E-state index < -0.39 is 10.8 Å². The van der Waals surface area contributed by atoms with Crippen molar-refractivity contribution in [1.29, 1.82) is 5.26 Å². The van der Waals surface area contributed by atoms with Gasteiger partial charge in [0, 0.05) is 22.3 Å². The Morgan fingerprint density at radius 2 is 2.27 bits per heavy atom. The first-order chi connectivity index (χ1) is 7.26. The topological polar surface area (TPSA) is 40.9 Å². The molecule has 0 bridgehead atoms. The fourth-order valence-electron chi connectivity index (χ4n) is 1.29. The first kappa shape index (κ1) is 11.9. The summed E-state index contributed by atoms with van der Waals surface area (Å²) in [5, 5.41) is 8.71. The summed E-state index contributed by atoms with van der Waals surface area (Å²) >= 11 is 0. The molecule has 0 aromatic heterocycles. The van der Waals surface area contributed by atoms with E-state index in [2.05, 4.69) is 13.0 Å². The maximum Gasteiger partial charge on any atom is 0.0991 e. The zero-order valence-corrected chi connectivity index (χ0v) is 9.72. The van der Waals surface area contributed by atoms with Gasteiger partial charge in [0.2, 0.25) is 0 Å². The fourth-order valence-corrected chi connectivity index (χ4v) is 2.60. The van der Waals surface area contributed by atoms with Crippen LogP contribution in [0.25, 0.3) is 0 Å². The molecule has 1 aromatic rings. The average Bonchev–Trinajstić information content (AvgIpc) is 2.26. The van der Waals surface area contributed by atoms with E-state index in [-0.39, 0.29) is 0 Å². The summed E-state index contributed by atoms with van der Waals surface area (Å²) in [5.41, 5.74) is 1.63. The Labute approximate surface area is 93.4 Å². The lowest BCUT2D eigenvalue weighted by Gasteiger charge is -2.01. The van der Waals surface area contributed by atoms with Crippen molar-refractivity contribution in [2.75, 3.05) is 5.75 Å². The van der Waals surface area contributed by atoms with Crippen LogP contribution in [0.3, 0.4) is 0 Å². The van der Waals surface area contributed by atoms with E-state index in [1.807, 2.05) is 18.2 Å². The highest BCUT2D eigenvalue weighted by atomic mass is 32.2. The molecule has 1 aromatic carbocycles. The van der Waals surface area contributed by atoms with Crippen molar-refractivity contribution in [3.05, 3.63) is 35.4 Å². The lowest BCUT2D eigenvalue weighted by atomic mass is 10.2. The molecule has 0 spiro atoms. The molecule has 1 rings (SSSR count). The summed E-state index contributed by atoms with van der Waals surface area (Å²) in [5.74, 6) is 1.32. The van der Waals surface area contributed by atoms with Crippen LogP contribution in [0.1, 0.15) is 30.9 Å². The van der Waals surface area contributed by atoms with Gasteiger partial charge in [0.15, 0.2) is 0 Å².